The minimum atomic E-state index is -0.564. The molecule has 0 aromatic heterocycles. The zero-order valence-electron chi connectivity index (χ0n) is 10.2. The first kappa shape index (κ1) is 12.0. The molecule has 84 valence electrons. The van der Waals surface area contributed by atoms with Gasteiger partial charge in [0.1, 0.15) is 0 Å². The summed E-state index contributed by atoms with van der Waals surface area (Å²) in [6.45, 7) is 12.6. The van der Waals surface area contributed by atoms with Crippen LogP contribution in [0.5, 0.6) is 0 Å². The van der Waals surface area contributed by atoms with Crippen LogP contribution in [-0.4, -0.2) is 34.7 Å². The van der Waals surface area contributed by atoms with Crippen LogP contribution in [0.4, 0.5) is 0 Å². The smallest absolute Gasteiger partial charge is 0.0718 e. The Balaban J connectivity index is 2.58. The summed E-state index contributed by atoms with van der Waals surface area (Å²) >= 11 is 0. The van der Waals surface area contributed by atoms with Crippen LogP contribution in [0.15, 0.2) is 0 Å². The summed E-state index contributed by atoms with van der Waals surface area (Å²) in [5, 5.41) is 9.82. The van der Waals surface area contributed by atoms with Crippen molar-refractivity contribution in [2.45, 2.75) is 52.7 Å². The van der Waals surface area contributed by atoms with E-state index in [2.05, 4.69) is 25.7 Å². The van der Waals surface area contributed by atoms with Gasteiger partial charge in [-0.15, -0.1) is 0 Å². The summed E-state index contributed by atoms with van der Waals surface area (Å²) < 4.78 is 0. The maximum atomic E-state index is 9.82. The van der Waals surface area contributed by atoms with E-state index in [0.29, 0.717) is 6.04 Å². The Morgan fingerprint density at radius 1 is 1.29 bits per heavy atom. The van der Waals surface area contributed by atoms with Crippen LogP contribution in [0.25, 0.3) is 0 Å². The van der Waals surface area contributed by atoms with Gasteiger partial charge in [-0.2, -0.15) is 0 Å². The van der Waals surface area contributed by atoms with Gasteiger partial charge in [-0.3, -0.25) is 4.90 Å². The largest absolute Gasteiger partial charge is 0.389 e. The lowest BCUT2D eigenvalue weighted by atomic mass is 9.85. The molecule has 0 aliphatic carbocycles. The number of hydrogen-bond acceptors (Lipinski definition) is 2. The highest BCUT2D eigenvalue weighted by atomic mass is 16.3. The predicted octanol–water partition coefficient (Wildman–Crippen LogP) is 2.12. The van der Waals surface area contributed by atoms with Gasteiger partial charge in [-0.1, -0.05) is 13.8 Å². The van der Waals surface area contributed by atoms with Crippen molar-refractivity contribution in [3.05, 3.63) is 0 Å². The third kappa shape index (κ3) is 3.25. The molecule has 0 aromatic carbocycles. The van der Waals surface area contributed by atoms with Gasteiger partial charge in [0, 0.05) is 19.1 Å². The van der Waals surface area contributed by atoms with Crippen LogP contribution in [0, 0.1) is 11.8 Å². The maximum Gasteiger partial charge on any atom is 0.0718 e. The lowest BCUT2D eigenvalue weighted by molar-refractivity contribution is -0.0104. The zero-order valence-corrected chi connectivity index (χ0v) is 10.2. The standard InChI is InChI=1S/C12H25NO/c1-9-6-10(2)11(3)13(7-9)8-12(4,5)14/h9-11,14H,6-8H2,1-5H3. The van der Waals surface area contributed by atoms with E-state index in [1.165, 1.54) is 6.42 Å². The fraction of sp³-hybridized carbons (Fsp3) is 1.00. The van der Waals surface area contributed by atoms with E-state index in [0.717, 1.165) is 24.9 Å². The molecule has 3 unspecified atom stereocenters. The van der Waals surface area contributed by atoms with Gasteiger partial charge >= 0.3 is 0 Å². The topological polar surface area (TPSA) is 23.5 Å². The summed E-state index contributed by atoms with van der Waals surface area (Å²) in [7, 11) is 0. The Labute approximate surface area is 88.3 Å². The van der Waals surface area contributed by atoms with Crippen molar-refractivity contribution in [1.82, 2.24) is 4.90 Å². The average Bonchev–Trinajstić information content (AvgIpc) is 1.96. The Morgan fingerprint density at radius 3 is 2.36 bits per heavy atom. The van der Waals surface area contributed by atoms with Gasteiger partial charge in [0.25, 0.3) is 0 Å². The van der Waals surface area contributed by atoms with Crippen LogP contribution in [0.3, 0.4) is 0 Å². The second kappa shape index (κ2) is 4.19. The van der Waals surface area contributed by atoms with Gasteiger partial charge in [0.2, 0.25) is 0 Å². The molecule has 1 N–H and O–H groups in total. The van der Waals surface area contributed by atoms with Crippen LogP contribution in [-0.2, 0) is 0 Å². The minimum Gasteiger partial charge on any atom is -0.389 e. The van der Waals surface area contributed by atoms with Crippen LogP contribution >= 0.6 is 0 Å². The number of nitrogens with zero attached hydrogens (tertiary/aromatic N) is 1. The Kier molecular flexibility index (Phi) is 3.59. The van der Waals surface area contributed by atoms with E-state index in [4.69, 9.17) is 0 Å². The lowest BCUT2D eigenvalue weighted by Gasteiger charge is -2.43. The van der Waals surface area contributed by atoms with Crippen molar-refractivity contribution in [2.75, 3.05) is 13.1 Å². The Morgan fingerprint density at radius 2 is 1.86 bits per heavy atom. The molecular formula is C12H25NO. The number of hydrogen-bond donors (Lipinski definition) is 1. The van der Waals surface area contributed by atoms with Crippen LogP contribution in [0.2, 0.25) is 0 Å². The van der Waals surface area contributed by atoms with Gasteiger partial charge in [0.15, 0.2) is 0 Å². The average molecular weight is 199 g/mol. The normalized spacial score (nSPS) is 36.0. The molecule has 2 heteroatoms. The Hall–Kier alpha value is -0.0800. The zero-order chi connectivity index (χ0) is 10.9. The monoisotopic (exact) mass is 199 g/mol. The van der Waals surface area contributed by atoms with E-state index in [9.17, 15) is 5.11 Å². The van der Waals surface area contributed by atoms with Crippen molar-refractivity contribution in [2.24, 2.45) is 11.8 Å². The quantitative estimate of drug-likeness (QED) is 0.736. The highest BCUT2D eigenvalue weighted by Crippen LogP contribution is 2.27. The first-order valence-electron chi connectivity index (χ1n) is 5.76. The third-order valence-electron chi connectivity index (χ3n) is 3.31. The highest BCUT2D eigenvalue weighted by Gasteiger charge is 2.31. The van der Waals surface area contributed by atoms with Crippen molar-refractivity contribution in [3.8, 4) is 0 Å². The van der Waals surface area contributed by atoms with Crippen LogP contribution < -0.4 is 0 Å². The molecule has 1 aliphatic heterocycles. The van der Waals surface area contributed by atoms with Crippen LogP contribution in [0.1, 0.15) is 41.0 Å². The fourth-order valence-corrected chi connectivity index (χ4v) is 2.54. The number of piperidine rings is 1. The molecule has 1 rings (SSSR count). The summed E-state index contributed by atoms with van der Waals surface area (Å²) in [6, 6.07) is 0.609. The number of likely N-dealkylation sites (tertiary alicyclic amines) is 1. The van der Waals surface area contributed by atoms with E-state index in [1.807, 2.05) is 13.8 Å². The Bertz CT molecular complexity index is 185. The molecule has 3 atom stereocenters. The summed E-state index contributed by atoms with van der Waals surface area (Å²) in [6.07, 6.45) is 1.32. The van der Waals surface area contributed by atoms with Crippen molar-refractivity contribution < 1.29 is 5.11 Å². The number of aliphatic hydroxyl groups is 1. The molecule has 2 nitrogen and oxygen atoms in total. The summed E-state index contributed by atoms with van der Waals surface area (Å²) in [4.78, 5) is 2.43. The molecule has 0 aromatic rings. The number of β-amino-alcohol motifs (C(OH)–C–C–N with tert-alkyl or cyclic N) is 1. The first-order chi connectivity index (χ1) is 6.29. The maximum absolute atomic E-state index is 9.82. The predicted molar refractivity (Wildman–Crippen MR) is 60.3 cm³/mol. The molecule has 0 radical (unpaired) electrons. The summed E-state index contributed by atoms with van der Waals surface area (Å²) in [5.74, 6) is 1.52. The summed E-state index contributed by atoms with van der Waals surface area (Å²) in [5.41, 5.74) is -0.564. The molecule has 0 spiro atoms. The van der Waals surface area contributed by atoms with Gasteiger partial charge < -0.3 is 5.11 Å². The second-order valence-electron chi connectivity index (χ2n) is 5.80. The van der Waals surface area contributed by atoms with Crippen molar-refractivity contribution in [1.29, 1.82) is 0 Å². The molecule has 1 fully saturated rings. The van der Waals surface area contributed by atoms with Crippen molar-refractivity contribution in [3.63, 3.8) is 0 Å². The number of rotatable bonds is 2. The first-order valence-corrected chi connectivity index (χ1v) is 5.76. The molecular weight excluding hydrogens is 174 g/mol. The molecule has 0 amide bonds. The molecule has 1 heterocycles. The van der Waals surface area contributed by atoms with Gasteiger partial charge in [-0.25, -0.2) is 0 Å². The molecule has 0 saturated carbocycles. The van der Waals surface area contributed by atoms with E-state index in [1.54, 1.807) is 0 Å². The minimum absolute atomic E-state index is 0.564. The second-order valence-corrected chi connectivity index (χ2v) is 5.80. The fourth-order valence-electron chi connectivity index (χ4n) is 2.54. The van der Waals surface area contributed by atoms with Gasteiger partial charge in [-0.05, 0) is 39.0 Å². The molecule has 0 bridgehead atoms. The van der Waals surface area contributed by atoms with E-state index in [-0.39, 0.29) is 0 Å². The van der Waals surface area contributed by atoms with Gasteiger partial charge in [0.05, 0.1) is 5.60 Å². The van der Waals surface area contributed by atoms with Crippen molar-refractivity contribution >= 4 is 0 Å². The lowest BCUT2D eigenvalue weighted by Crippen LogP contribution is -2.50. The molecule has 1 aliphatic rings. The highest BCUT2D eigenvalue weighted by molar-refractivity contribution is 4.85. The molecule has 14 heavy (non-hydrogen) atoms. The van der Waals surface area contributed by atoms with E-state index >= 15 is 0 Å². The third-order valence-corrected chi connectivity index (χ3v) is 3.31. The molecule has 1 saturated heterocycles. The van der Waals surface area contributed by atoms with E-state index < -0.39 is 5.60 Å². The SMILES string of the molecule is CC1CC(C)C(C)N(CC(C)(C)O)C1.